The summed E-state index contributed by atoms with van der Waals surface area (Å²) in [6.07, 6.45) is 5.50. The Morgan fingerprint density at radius 2 is 1.79 bits per heavy atom. The SMILES string of the molecule is CCOC(=O)/C=C/CNCCCCN1c2cc(Cl)ccc2C(=O)N(CCCO)c2ccccc21. The van der Waals surface area contributed by atoms with E-state index in [0.717, 1.165) is 36.4 Å². The van der Waals surface area contributed by atoms with E-state index in [4.69, 9.17) is 16.3 Å². The second-order valence-corrected chi connectivity index (χ2v) is 8.34. The minimum atomic E-state index is -0.330. The summed E-state index contributed by atoms with van der Waals surface area (Å²) < 4.78 is 4.86. The first-order chi connectivity index (χ1) is 16.6. The van der Waals surface area contributed by atoms with Gasteiger partial charge < -0.3 is 25.0 Å². The quantitative estimate of drug-likeness (QED) is 0.265. The zero-order chi connectivity index (χ0) is 24.3. The fraction of sp³-hybridized carbons (Fsp3) is 0.385. The number of ether oxygens (including phenoxy) is 1. The first kappa shape index (κ1) is 25.7. The van der Waals surface area contributed by atoms with Crippen LogP contribution in [0, 0.1) is 0 Å². The third-order valence-corrected chi connectivity index (χ3v) is 5.75. The van der Waals surface area contributed by atoms with Crippen molar-refractivity contribution in [1.29, 1.82) is 0 Å². The molecule has 0 bridgehead atoms. The first-order valence-electron chi connectivity index (χ1n) is 11.7. The van der Waals surface area contributed by atoms with E-state index in [0.29, 0.717) is 43.2 Å². The van der Waals surface area contributed by atoms with Gasteiger partial charge in [0.05, 0.1) is 29.2 Å². The molecule has 7 nitrogen and oxygen atoms in total. The van der Waals surface area contributed by atoms with E-state index in [1.165, 1.54) is 6.08 Å². The number of halogens is 1. The Hall–Kier alpha value is -2.87. The fourth-order valence-corrected chi connectivity index (χ4v) is 4.12. The summed E-state index contributed by atoms with van der Waals surface area (Å²) in [4.78, 5) is 28.7. The summed E-state index contributed by atoms with van der Waals surface area (Å²) in [5, 5.41) is 13.2. The zero-order valence-corrected chi connectivity index (χ0v) is 20.3. The number of carbonyl (C=O) groups is 2. The summed E-state index contributed by atoms with van der Waals surface area (Å²) in [5.41, 5.74) is 3.16. The minimum absolute atomic E-state index is 0.0190. The van der Waals surface area contributed by atoms with Crippen LogP contribution in [0.5, 0.6) is 0 Å². The van der Waals surface area contributed by atoms with Crippen molar-refractivity contribution in [3.05, 3.63) is 65.2 Å². The molecule has 0 radical (unpaired) electrons. The van der Waals surface area contributed by atoms with Crippen LogP contribution in [-0.4, -0.2) is 56.4 Å². The Kier molecular flexibility index (Phi) is 9.94. The van der Waals surface area contributed by atoms with Crippen LogP contribution in [0.15, 0.2) is 54.6 Å². The van der Waals surface area contributed by atoms with Gasteiger partial charge in [-0.2, -0.15) is 0 Å². The molecule has 34 heavy (non-hydrogen) atoms. The number of esters is 1. The van der Waals surface area contributed by atoms with Crippen molar-refractivity contribution >= 4 is 40.5 Å². The summed E-state index contributed by atoms with van der Waals surface area (Å²) in [6, 6.07) is 13.2. The molecule has 0 aliphatic carbocycles. The van der Waals surface area contributed by atoms with Crippen molar-refractivity contribution in [3.8, 4) is 0 Å². The molecule has 1 heterocycles. The molecule has 1 amide bonds. The zero-order valence-electron chi connectivity index (χ0n) is 19.5. The van der Waals surface area contributed by atoms with Crippen LogP contribution < -0.4 is 15.1 Å². The number of carbonyl (C=O) groups excluding carboxylic acids is 2. The molecule has 0 fully saturated rings. The number of fused-ring (bicyclic) bond motifs is 2. The lowest BCUT2D eigenvalue weighted by molar-refractivity contribution is -0.137. The minimum Gasteiger partial charge on any atom is -0.463 e. The number of nitrogens with zero attached hydrogens (tertiary/aromatic N) is 2. The molecular weight excluding hydrogens is 454 g/mol. The molecule has 0 spiro atoms. The fourth-order valence-electron chi connectivity index (χ4n) is 3.96. The van der Waals surface area contributed by atoms with Crippen LogP contribution in [0.25, 0.3) is 0 Å². The van der Waals surface area contributed by atoms with Crippen LogP contribution in [0.4, 0.5) is 17.1 Å². The largest absolute Gasteiger partial charge is 0.463 e. The number of hydrogen-bond acceptors (Lipinski definition) is 6. The Morgan fingerprint density at radius 3 is 2.53 bits per heavy atom. The van der Waals surface area contributed by atoms with E-state index >= 15 is 0 Å². The van der Waals surface area contributed by atoms with Gasteiger partial charge in [-0.3, -0.25) is 4.79 Å². The Labute approximate surface area is 206 Å². The highest BCUT2D eigenvalue weighted by molar-refractivity contribution is 6.31. The number of aliphatic hydroxyl groups excluding tert-OH is 1. The standard InChI is InChI=1S/C26H32ClN3O4/c1-2-34-25(32)11-7-15-28-14-5-6-16-29-22-9-3-4-10-23(22)30(17-8-18-31)26(33)21-13-12-20(27)19-24(21)29/h3-4,7,9-13,19,28,31H,2,5-6,8,14-18H2,1H3/b11-7+. The molecule has 1 aliphatic rings. The summed E-state index contributed by atoms with van der Waals surface area (Å²) in [6.45, 7) is 4.71. The Morgan fingerprint density at radius 1 is 1.06 bits per heavy atom. The number of para-hydroxylation sites is 2. The highest BCUT2D eigenvalue weighted by Gasteiger charge is 2.30. The first-order valence-corrected chi connectivity index (χ1v) is 12.1. The average Bonchev–Trinajstić information content (AvgIpc) is 2.92. The molecule has 0 saturated carbocycles. The van der Waals surface area contributed by atoms with E-state index in [1.807, 2.05) is 30.3 Å². The van der Waals surface area contributed by atoms with Gasteiger partial charge in [0.15, 0.2) is 0 Å². The molecule has 2 N–H and O–H groups in total. The van der Waals surface area contributed by atoms with E-state index in [2.05, 4.69) is 10.2 Å². The maximum Gasteiger partial charge on any atom is 0.330 e. The number of amides is 1. The van der Waals surface area contributed by atoms with Gasteiger partial charge in [0.1, 0.15) is 0 Å². The van der Waals surface area contributed by atoms with Gasteiger partial charge in [0, 0.05) is 37.3 Å². The van der Waals surface area contributed by atoms with Gasteiger partial charge in [-0.25, -0.2) is 4.79 Å². The van der Waals surface area contributed by atoms with Crippen molar-refractivity contribution in [2.45, 2.75) is 26.2 Å². The Balaban J connectivity index is 1.71. The van der Waals surface area contributed by atoms with Crippen molar-refractivity contribution in [2.75, 3.05) is 49.2 Å². The molecule has 3 rings (SSSR count). The number of rotatable bonds is 12. The summed E-state index contributed by atoms with van der Waals surface area (Å²) in [5.74, 6) is -0.422. The van der Waals surface area contributed by atoms with Gasteiger partial charge >= 0.3 is 5.97 Å². The van der Waals surface area contributed by atoms with Crippen LogP contribution in [0.2, 0.25) is 5.02 Å². The van der Waals surface area contributed by atoms with E-state index in [-0.39, 0.29) is 18.5 Å². The highest BCUT2D eigenvalue weighted by Crippen LogP contribution is 2.41. The summed E-state index contributed by atoms with van der Waals surface area (Å²) in [7, 11) is 0. The number of benzene rings is 2. The molecule has 0 aromatic heterocycles. The van der Waals surface area contributed by atoms with E-state index in [1.54, 1.807) is 30.0 Å². The molecule has 0 atom stereocenters. The lowest BCUT2D eigenvalue weighted by Gasteiger charge is -2.27. The number of anilines is 3. The number of unbranched alkanes of at least 4 members (excludes halogenated alkanes) is 1. The molecule has 1 aliphatic heterocycles. The molecular formula is C26H32ClN3O4. The van der Waals surface area contributed by atoms with Gasteiger partial charge in [-0.1, -0.05) is 29.8 Å². The smallest absolute Gasteiger partial charge is 0.330 e. The number of aliphatic hydroxyl groups is 1. The summed E-state index contributed by atoms with van der Waals surface area (Å²) >= 11 is 6.33. The number of nitrogens with one attached hydrogen (secondary N) is 1. The maximum atomic E-state index is 13.5. The van der Waals surface area contributed by atoms with E-state index < -0.39 is 0 Å². The normalized spacial score (nSPS) is 13.1. The topological polar surface area (TPSA) is 82.1 Å². The van der Waals surface area contributed by atoms with Crippen LogP contribution >= 0.6 is 11.6 Å². The van der Waals surface area contributed by atoms with Crippen molar-refractivity contribution in [3.63, 3.8) is 0 Å². The van der Waals surface area contributed by atoms with Crippen LogP contribution in [0.3, 0.4) is 0 Å². The molecule has 182 valence electrons. The van der Waals surface area contributed by atoms with Crippen LogP contribution in [0.1, 0.15) is 36.5 Å². The number of hydrogen-bond donors (Lipinski definition) is 2. The molecule has 0 saturated heterocycles. The van der Waals surface area contributed by atoms with Gasteiger partial charge in [-0.05, 0) is 63.1 Å². The second kappa shape index (κ2) is 13.1. The molecule has 2 aromatic carbocycles. The van der Waals surface area contributed by atoms with Gasteiger partial charge in [0.2, 0.25) is 0 Å². The predicted molar refractivity (Wildman–Crippen MR) is 136 cm³/mol. The maximum absolute atomic E-state index is 13.5. The molecule has 2 aromatic rings. The van der Waals surface area contributed by atoms with Crippen LogP contribution in [-0.2, 0) is 9.53 Å². The van der Waals surface area contributed by atoms with Crippen molar-refractivity contribution < 1.29 is 19.4 Å². The predicted octanol–water partition coefficient (Wildman–Crippen LogP) is 4.31. The lowest BCUT2D eigenvalue weighted by Crippen LogP contribution is -2.31. The van der Waals surface area contributed by atoms with Crippen molar-refractivity contribution in [2.24, 2.45) is 0 Å². The van der Waals surface area contributed by atoms with E-state index in [9.17, 15) is 14.7 Å². The second-order valence-electron chi connectivity index (χ2n) is 7.90. The molecule has 0 unspecified atom stereocenters. The lowest BCUT2D eigenvalue weighted by atomic mass is 10.1. The van der Waals surface area contributed by atoms with Gasteiger partial charge in [0.25, 0.3) is 5.91 Å². The highest BCUT2D eigenvalue weighted by atomic mass is 35.5. The van der Waals surface area contributed by atoms with Crippen molar-refractivity contribution in [1.82, 2.24) is 5.32 Å². The molecule has 8 heteroatoms. The Bertz CT molecular complexity index is 1010. The average molecular weight is 486 g/mol. The third-order valence-electron chi connectivity index (χ3n) is 5.52. The van der Waals surface area contributed by atoms with Gasteiger partial charge in [-0.15, -0.1) is 0 Å². The monoisotopic (exact) mass is 485 g/mol. The third kappa shape index (κ3) is 6.59.